The molecule has 4 bridgehead atoms. The molecule has 4 aliphatic rings. The third kappa shape index (κ3) is 7.01. The van der Waals surface area contributed by atoms with Crippen LogP contribution in [-0.4, -0.2) is 43.9 Å². The van der Waals surface area contributed by atoms with E-state index in [0.717, 1.165) is 28.8 Å². The topological polar surface area (TPSA) is 9.23 Å². The average Bonchev–Trinajstić information content (AvgIpc) is 2.62. The van der Waals surface area contributed by atoms with Crippen LogP contribution in [0.25, 0.3) is 0 Å². The standard InChI is InChI=1S/C26H50NO/c1-4-5-6-7-8-9-10-11-12-13-14-27(2,3)15-16-28-26-20-23-17-24(21-26)19-25(18-23)22-26/h23-25H,4-22H2,1-3H3/q+1. The van der Waals surface area contributed by atoms with Crippen LogP contribution in [0.15, 0.2) is 0 Å². The highest BCUT2D eigenvalue weighted by molar-refractivity contribution is 5.03. The van der Waals surface area contributed by atoms with Crippen molar-refractivity contribution in [2.45, 2.75) is 115 Å². The summed E-state index contributed by atoms with van der Waals surface area (Å²) in [5.74, 6) is 3.00. The van der Waals surface area contributed by atoms with Crippen molar-refractivity contribution in [3.63, 3.8) is 0 Å². The van der Waals surface area contributed by atoms with Crippen molar-refractivity contribution in [2.75, 3.05) is 33.8 Å². The molecule has 0 aliphatic heterocycles. The van der Waals surface area contributed by atoms with Gasteiger partial charge in [0.1, 0.15) is 6.54 Å². The molecule has 0 spiro atoms. The number of likely N-dealkylation sites (N-methyl/N-ethyl adjacent to an activating group) is 1. The third-order valence-corrected chi connectivity index (χ3v) is 8.20. The Morgan fingerprint density at radius 3 is 1.64 bits per heavy atom. The molecule has 28 heavy (non-hydrogen) atoms. The van der Waals surface area contributed by atoms with Gasteiger partial charge in [0, 0.05) is 0 Å². The van der Waals surface area contributed by atoms with Crippen molar-refractivity contribution in [3.05, 3.63) is 0 Å². The van der Waals surface area contributed by atoms with Crippen LogP contribution in [0.4, 0.5) is 0 Å². The van der Waals surface area contributed by atoms with E-state index < -0.39 is 0 Å². The van der Waals surface area contributed by atoms with Gasteiger partial charge in [0.25, 0.3) is 0 Å². The second kappa shape index (κ2) is 10.8. The highest BCUT2D eigenvalue weighted by Gasteiger charge is 2.51. The first-order valence-electron chi connectivity index (χ1n) is 13.0. The van der Waals surface area contributed by atoms with Gasteiger partial charge in [-0.25, -0.2) is 0 Å². The van der Waals surface area contributed by atoms with Crippen LogP contribution >= 0.6 is 0 Å². The van der Waals surface area contributed by atoms with Crippen molar-refractivity contribution < 1.29 is 9.22 Å². The summed E-state index contributed by atoms with van der Waals surface area (Å²) in [6, 6.07) is 0. The molecule has 4 rings (SSSR count). The van der Waals surface area contributed by atoms with E-state index in [9.17, 15) is 0 Å². The SMILES string of the molecule is CCCCCCCCCCCC[N+](C)(C)CCOC12CC3CC(CC(C3)C1)C2. The zero-order chi connectivity index (χ0) is 19.9. The van der Waals surface area contributed by atoms with Crippen LogP contribution in [0, 0.1) is 17.8 Å². The molecule has 0 aromatic rings. The number of ether oxygens (including phenoxy) is 1. The monoisotopic (exact) mass is 392 g/mol. The molecule has 0 N–H and O–H groups in total. The van der Waals surface area contributed by atoms with Crippen LogP contribution in [0.5, 0.6) is 0 Å². The van der Waals surface area contributed by atoms with Gasteiger partial charge in [-0.2, -0.15) is 0 Å². The summed E-state index contributed by atoms with van der Waals surface area (Å²) in [5.41, 5.74) is 0.297. The molecule has 164 valence electrons. The molecule has 0 heterocycles. The zero-order valence-electron chi connectivity index (χ0n) is 19.5. The highest BCUT2D eigenvalue weighted by Crippen LogP contribution is 2.57. The fourth-order valence-corrected chi connectivity index (χ4v) is 6.86. The molecular weight excluding hydrogens is 342 g/mol. The molecule has 2 heteroatoms. The van der Waals surface area contributed by atoms with Gasteiger partial charge in [0.05, 0.1) is 32.8 Å². The summed E-state index contributed by atoms with van der Waals surface area (Å²) in [6.07, 6.45) is 23.0. The van der Waals surface area contributed by atoms with Crippen LogP contribution in [0.2, 0.25) is 0 Å². The Balaban J connectivity index is 1.21. The second-order valence-electron chi connectivity index (χ2n) is 11.5. The predicted molar refractivity (Wildman–Crippen MR) is 121 cm³/mol. The number of hydrogen-bond donors (Lipinski definition) is 0. The summed E-state index contributed by atoms with van der Waals surface area (Å²) >= 11 is 0. The minimum atomic E-state index is 0.297. The van der Waals surface area contributed by atoms with Crippen molar-refractivity contribution in [3.8, 4) is 0 Å². The van der Waals surface area contributed by atoms with E-state index in [1.807, 2.05) is 0 Å². The van der Waals surface area contributed by atoms with Crippen molar-refractivity contribution in [1.82, 2.24) is 0 Å². The minimum absolute atomic E-state index is 0.297. The molecule has 0 aromatic heterocycles. The Hall–Kier alpha value is -0.0800. The maximum atomic E-state index is 6.66. The maximum absolute atomic E-state index is 6.66. The van der Waals surface area contributed by atoms with Gasteiger partial charge in [0.15, 0.2) is 0 Å². The predicted octanol–water partition coefficient (Wildman–Crippen LogP) is 6.97. The molecule has 4 aliphatic carbocycles. The lowest BCUT2D eigenvalue weighted by molar-refractivity contribution is -0.891. The van der Waals surface area contributed by atoms with Gasteiger partial charge in [0.2, 0.25) is 0 Å². The van der Waals surface area contributed by atoms with Crippen molar-refractivity contribution in [2.24, 2.45) is 17.8 Å². The number of quaternary nitrogens is 1. The Kier molecular flexibility index (Phi) is 8.72. The highest BCUT2D eigenvalue weighted by atomic mass is 16.5. The van der Waals surface area contributed by atoms with Crippen LogP contribution < -0.4 is 0 Å². The molecule has 0 atom stereocenters. The average molecular weight is 393 g/mol. The Bertz CT molecular complexity index is 408. The summed E-state index contributed by atoms with van der Waals surface area (Å²) in [6.45, 7) is 5.80. The first kappa shape index (κ1) is 22.6. The number of nitrogens with zero attached hydrogens (tertiary/aromatic N) is 1. The summed E-state index contributed by atoms with van der Waals surface area (Å²) in [7, 11) is 4.83. The van der Waals surface area contributed by atoms with Gasteiger partial charge in [-0.15, -0.1) is 0 Å². The van der Waals surface area contributed by atoms with E-state index in [4.69, 9.17) is 4.74 Å². The van der Waals surface area contributed by atoms with E-state index in [2.05, 4.69) is 21.0 Å². The lowest BCUT2D eigenvalue weighted by Crippen LogP contribution is -2.53. The molecule has 0 aromatic carbocycles. The molecule has 0 unspecified atom stereocenters. The van der Waals surface area contributed by atoms with Gasteiger partial charge in [-0.3, -0.25) is 0 Å². The quantitative estimate of drug-likeness (QED) is 0.216. The molecule has 0 radical (unpaired) electrons. The molecule has 4 fully saturated rings. The van der Waals surface area contributed by atoms with Crippen LogP contribution in [0.3, 0.4) is 0 Å². The summed E-state index contributed by atoms with van der Waals surface area (Å²) in [4.78, 5) is 0. The van der Waals surface area contributed by atoms with E-state index in [-0.39, 0.29) is 0 Å². The van der Waals surface area contributed by atoms with E-state index in [1.54, 1.807) is 0 Å². The Morgan fingerprint density at radius 2 is 1.14 bits per heavy atom. The Labute approximate surface area is 176 Å². The molecule has 0 amide bonds. The lowest BCUT2D eigenvalue weighted by Gasteiger charge is -2.56. The van der Waals surface area contributed by atoms with Gasteiger partial charge in [-0.1, -0.05) is 58.3 Å². The smallest absolute Gasteiger partial charge is 0.102 e. The molecule has 4 saturated carbocycles. The first-order valence-corrected chi connectivity index (χ1v) is 13.0. The first-order chi connectivity index (χ1) is 13.5. The number of unbranched alkanes of at least 4 members (excludes halogenated alkanes) is 9. The van der Waals surface area contributed by atoms with Gasteiger partial charge >= 0.3 is 0 Å². The third-order valence-electron chi connectivity index (χ3n) is 8.20. The van der Waals surface area contributed by atoms with Crippen molar-refractivity contribution >= 4 is 0 Å². The summed E-state index contributed by atoms with van der Waals surface area (Å²) < 4.78 is 7.80. The second-order valence-corrected chi connectivity index (χ2v) is 11.5. The van der Waals surface area contributed by atoms with E-state index in [0.29, 0.717) is 5.60 Å². The number of hydrogen-bond acceptors (Lipinski definition) is 1. The summed E-state index contributed by atoms with van der Waals surface area (Å²) in [5, 5.41) is 0. The fourth-order valence-electron chi connectivity index (χ4n) is 6.86. The van der Waals surface area contributed by atoms with Crippen LogP contribution in [0.1, 0.15) is 110 Å². The normalized spacial score (nSPS) is 31.6. The molecule has 2 nitrogen and oxygen atoms in total. The molecular formula is C26H50NO+. The van der Waals surface area contributed by atoms with Gasteiger partial charge < -0.3 is 9.22 Å². The number of rotatable bonds is 15. The maximum Gasteiger partial charge on any atom is 0.102 e. The molecule has 0 saturated heterocycles. The van der Waals surface area contributed by atoms with Crippen molar-refractivity contribution in [1.29, 1.82) is 0 Å². The van der Waals surface area contributed by atoms with Gasteiger partial charge in [-0.05, 0) is 69.1 Å². The van der Waals surface area contributed by atoms with E-state index >= 15 is 0 Å². The lowest BCUT2D eigenvalue weighted by atomic mass is 9.54. The largest absolute Gasteiger partial charge is 0.369 e. The zero-order valence-corrected chi connectivity index (χ0v) is 19.5. The minimum Gasteiger partial charge on any atom is -0.369 e. The van der Waals surface area contributed by atoms with Crippen LogP contribution in [-0.2, 0) is 4.74 Å². The Morgan fingerprint density at radius 1 is 0.679 bits per heavy atom. The fraction of sp³-hybridized carbons (Fsp3) is 1.00. The van der Waals surface area contributed by atoms with E-state index in [1.165, 1.54) is 116 Å².